The van der Waals surface area contributed by atoms with E-state index in [1.807, 2.05) is 37.4 Å². The Labute approximate surface area is 150 Å². The van der Waals surface area contributed by atoms with E-state index in [1.165, 1.54) is 0 Å². The second-order valence-electron chi connectivity index (χ2n) is 5.51. The number of aromatic nitrogens is 1. The molecule has 0 aliphatic heterocycles. The predicted molar refractivity (Wildman–Crippen MR) is 98.2 cm³/mol. The van der Waals surface area contributed by atoms with Crippen LogP contribution >= 0.6 is 23.1 Å². The van der Waals surface area contributed by atoms with Gasteiger partial charge in [0, 0.05) is 23.2 Å². The van der Waals surface area contributed by atoms with Crippen LogP contribution in [0.3, 0.4) is 0 Å². The predicted octanol–water partition coefficient (Wildman–Crippen LogP) is 3.52. The van der Waals surface area contributed by atoms with Gasteiger partial charge in [0.2, 0.25) is 5.91 Å². The average Bonchev–Trinajstić information content (AvgIpc) is 2.99. The maximum atomic E-state index is 11.8. The maximum Gasteiger partial charge on any atom is 0.226 e. The number of carbonyl (C=O) groups excluding carboxylic acids is 1. The van der Waals surface area contributed by atoms with Crippen molar-refractivity contribution in [1.29, 1.82) is 0 Å². The number of thiazole rings is 1. The summed E-state index contributed by atoms with van der Waals surface area (Å²) in [6.07, 6.45) is 0.322. The maximum absolute atomic E-state index is 11.8. The number of nitrogens with zero attached hydrogens (tertiary/aromatic N) is 1. The van der Waals surface area contributed by atoms with E-state index in [2.05, 4.69) is 10.3 Å². The monoisotopic (exact) mass is 366 g/mol. The average molecular weight is 367 g/mol. The lowest BCUT2D eigenvalue weighted by atomic mass is 10.2. The van der Waals surface area contributed by atoms with Crippen LogP contribution < -0.4 is 14.8 Å². The lowest BCUT2D eigenvalue weighted by molar-refractivity contribution is -0.120. The number of rotatable bonds is 8. The SMILES string of the molecule is COc1cc(CSc2nc(CC(=O)NC(C)C)cs2)cc(OC)c1. The van der Waals surface area contributed by atoms with Gasteiger partial charge in [0.15, 0.2) is 0 Å². The zero-order valence-corrected chi connectivity index (χ0v) is 15.9. The lowest BCUT2D eigenvalue weighted by Gasteiger charge is -2.07. The van der Waals surface area contributed by atoms with Crippen molar-refractivity contribution in [2.45, 2.75) is 36.4 Å². The van der Waals surface area contributed by atoms with Gasteiger partial charge in [0.25, 0.3) is 0 Å². The first kappa shape index (κ1) is 18.6. The van der Waals surface area contributed by atoms with E-state index in [1.54, 1.807) is 37.3 Å². The minimum atomic E-state index is 0.00406. The zero-order valence-electron chi connectivity index (χ0n) is 14.3. The van der Waals surface area contributed by atoms with Gasteiger partial charge < -0.3 is 14.8 Å². The van der Waals surface area contributed by atoms with Gasteiger partial charge in [0.1, 0.15) is 15.8 Å². The van der Waals surface area contributed by atoms with Crippen molar-refractivity contribution in [2.75, 3.05) is 14.2 Å². The van der Waals surface area contributed by atoms with Crippen LogP contribution in [0.2, 0.25) is 0 Å². The molecule has 1 aromatic carbocycles. The zero-order chi connectivity index (χ0) is 17.5. The summed E-state index contributed by atoms with van der Waals surface area (Å²) in [5, 5.41) is 4.81. The molecule has 1 heterocycles. The van der Waals surface area contributed by atoms with E-state index in [4.69, 9.17) is 9.47 Å². The van der Waals surface area contributed by atoms with Crippen molar-refractivity contribution >= 4 is 29.0 Å². The van der Waals surface area contributed by atoms with Gasteiger partial charge in [-0.1, -0.05) is 11.8 Å². The molecule has 24 heavy (non-hydrogen) atoms. The topological polar surface area (TPSA) is 60.5 Å². The highest BCUT2D eigenvalue weighted by Gasteiger charge is 2.10. The summed E-state index contributed by atoms with van der Waals surface area (Å²) >= 11 is 3.20. The van der Waals surface area contributed by atoms with Crippen molar-refractivity contribution in [3.8, 4) is 11.5 Å². The van der Waals surface area contributed by atoms with Crippen LogP contribution in [0.15, 0.2) is 27.9 Å². The number of thioether (sulfide) groups is 1. The molecule has 0 aliphatic carbocycles. The molecule has 2 aromatic rings. The summed E-state index contributed by atoms with van der Waals surface area (Å²) in [6, 6.07) is 5.97. The third kappa shape index (κ3) is 5.72. The quantitative estimate of drug-likeness (QED) is 0.725. The summed E-state index contributed by atoms with van der Waals surface area (Å²) in [4.78, 5) is 16.3. The highest BCUT2D eigenvalue weighted by Crippen LogP contribution is 2.30. The molecule has 1 N–H and O–H groups in total. The molecule has 0 radical (unpaired) electrons. The number of amides is 1. The molecule has 1 aromatic heterocycles. The van der Waals surface area contributed by atoms with Crippen molar-refractivity contribution in [3.63, 3.8) is 0 Å². The Morgan fingerprint density at radius 2 is 1.92 bits per heavy atom. The first-order valence-electron chi connectivity index (χ1n) is 7.58. The van der Waals surface area contributed by atoms with Crippen molar-refractivity contribution in [1.82, 2.24) is 10.3 Å². The Morgan fingerprint density at radius 3 is 2.50 bits per heavy atom. The molecule has 5 nitrogen and oxygen atoms in total. The van der Waals surface area contributed by atoms with Gasteiger partial charge in [-0.2, -0.15) is 0 Å². The van der Waals surface area contributed by atoms with Gasteiger partial charge in [-0.3, -0.25) is 4.79 Å². The lowest BCUT2D eigenvalue weighted by Crippen LogP contribution is -2.31. The third-order valence-corrected chi connectivity index (χ3v) is 5.24. The molecular weight excluding hydrogens is 344 g/mol. The number of hydrogen-bond acceptors (Lipinski definition) is 6. The first-order chi connectivity index (χ1) is 11.5. The Balaban J connectivity index is 1.94. The fraction of sp³-hybridized carbons (Fsp3) is 0.412. The summed E-state index contributed by atoms with van der Waals surface area (Å²) < 4.78 is 11.5. The van der Waals surface area contributed by atoms with Gasteiger partial charge in [-0.05, 0) is 31.5 Å². The third-order valence-electron chi connectivity index (χ3n) is 3.10. The largest absolute Gasteiger partial charge is 0.497 e. The van der Waals surface area contributed by atoms with E-state index >= 15 is 0 Å². The Morgan fingerprint density at radius 1 is 1.25 bits per heavy atom. The minimum Gasteiger partial charge on any atom is -0.497 e. The van der Waals surface area contributed by atoms with Crippen LogP contribution in [0.4, 0.5) is 0 Å². The molecule has 0 atom stereocenters. The summed E-state index contributed by atoms with van der Waals surface area (Å²) in [5.41, 5.74) is 1.91. The molecule has 0 bridgehead atoms. The van der Waals surface area contributed by atoms with Crippen LogP contribution in [0.25, 0.3) is 0 Å². The molecule has 0 fully saturated rings. The molecule has 7 heteroatoms. The Bertz CT molecular complexity index is 664. The molecule has 0 saturated carbocycles. The van der Waals surface area contributed by atoms with Crippen LogP contribution in [0.5, 0.6) is 11.5 Å². The first-order valence-corrected chi connectivity index (χ1v) is 9.45. The molecular formula is C17H22N2O3S2. The molecule has 1 amide bonds. The Hall–Kier alpha value is -1.73. The number of methoxy groups -OCH3 is 2. The highest BCUT2D eigenvalue weighted by atomic mass is 32.2. The molecule has 0 aliphatic rings. The van der Waals surface area contributed by atoms with Crippen LogP contribution in [-0.4, -0.2) is 31.2 Å². The fourth-order valence-electron chi connectivity index (χ4n) is 2.07. The second-order valence-corrected chi connectivity index (χ2v) is 7.59. The van der Waals surface area contributed by atoms with Crippen LogP contribution in [-0.2, 0) is 17.0 Å². The van der Waals surface area contributed by atoms with E-state index in [-0.39, 0.29) is 11.9 Å². The van der Waals surface area contributed by atoms with Gasteiger partial charge in [-0.25, -0.2) is 4.98 Å². The molecule has 0 saturated heterocycles. The van der Waals surface area contributed by atoms with Crippen LogP contribution in [0, 0.1) is 0 Å². The standard InChI is InChI=1S/C17H22N2O3S2/c1-11(2)18-16(20)7-13-10-24-17(19-13)23-9-12-5-14(21-3)8-15(6-12)22-4/h5-6,8,10-11H,7,9H2,1-4H3,(H,18,20). The van der Waals surface area contributed by atoms with E-state index in [0.717, 1.165) is 32.8 Å². The summed E-state index contributed by atoms with van der Waals surface area (Å²) in [5.74, 6) is 2.31. The van der Waals surface area contributed by atoms with Gasteiger partial charge in [-0.15, -0.1) is 11.3 Å². The second kappa shape index (κ2) is 8.94. The smallest absolute Gasteiger partial charge is 0.226 e. The number of ether oxygens (including phenoxy) is 2. The number of hydrogen-bond donors (Lipinski definition) is 1. The minimum absolute atomic E-state index is 0.00406. The summed E-state index contributed by atoms with van der Waals surface area (Å²) in [6.45, 7) is 3.89. The molecule has 2 rings (SSSR count). The fourth-order valence-corrected chi connectivity index (χ4v) is 3.84. The Kier molecular flexibility index (Phi) is 6.93. The van der Waals surface area contributed by atoms with Crippen molar-refractivity contribution in [3.05, 3.63) is 34.8 Å². The number of carbonyl (C=O) groups is 1. The molecule has 130 valence electrons. The van der Waals surface area contributed by atoms with Crippen LogP contribution in [0.1, 0.15) is 25.1 Å². The number of nitrogens with one attached hydrogen (secondary N) is 1. The van der Waals surface area contributed by atoms with Crippen molar-refractivity contribution < 1.29 is 14.3 Å². The number of benzene rings is 1. The van der Waals surface area contributed by atoms with E-state index < -0.39 is 0 Å². The molecule has 0 spiro atoms. The highest BCUT2D eigenvalue weighted by molar-refractivity contribution is 8.00. The normalized spacial score (nSPS) is 10.7. The van der Waals surface area contributed by atoms with Crippen molar-refractivity contribution in [2.24, 2.45) is 0 Å². The van der Waals surface area contributed by atoms with E-state index in [0.29, 0.717) is 6.42 Å². The van der Waals surface area contributed by atoms with E-state index in [9.17, 15) is 4.79 Å². The van der Waals surface area contributed by atoms with Gasteiger partial charge in [0.05, 0.1) is 26.3 Å². The summed E-state index contributed by atoms with van der Waals surface area (Å²) in [7, 11) is 3.28. The molecule has 0 unspecified atom stereocenters. The van der Waals surface area contributed by atoms with Gasteiger partial charge >= 0.3 is 0 Å².